The average Bonchev–Trinajstić information content (AvgIpc) is 3.29. The van der Waals surface area contributed by atoms with Gasteiger partial charge in [0.15, 0.2) is 0 Å². The molecule has 0 radical (unpaired) electrons. The Labute approximate surface area is 125 Å². The molecular formula is C19H31N. The maximum atomic E-state index is 3.79. The highest BCUT2D eigenvalue weighted by Gasteiger charge is 2.30. The van der Waals surface area contributed by atoms with Crippen molar-refractivity contribution in [3.05, 3.63) is 35.4 Å². The summed E-state index contributed by atoms with van der Waals surface area (Å²) in [6.07, 6.45) is 9.29. The van der Waals surface area contributed by atoms with Gasteiger partial charge in [-0.15, -0.1) is 0 Å². The fraction of sp³-hybridized carbons (Fsp3) is 0.684. The Morgan fingerprint density at radius 1 is 1.15 bits per heavy atom. The Balaban J connectivity index is 2.03. The number of nitrogens with one attached hydrogen (secondary N) is 1. The molecule has 1 aromatic rings. The summed E-state index contributed by atoms with van der Waals surface area (Å²) in [5.74, 6) is 0. The summed E-state index contributed by atoms with van der Waals surface area (Å²) in [6.45, 7) is 8.05. The van der Waals surface area contributed by atoms with Gasteiger partial charge in [0.2, 0.25) is 0 Å². The van der Waals surface area contributed by atoms with Crippen LogP contribution in [0, 0.1) is 12.3 Å². The van der Waals surface area contributed by atoms with Crippen LogP contribution in [0.2, 0.25) is 0 Å². The zero-order valence-corrected chi connectivity index (χ0v) is 13.5. The molecule has 2 rings (SSSR count). The number of aryl methyl sites for hydroxylation is 1. The van der Waals surface area contributed by atoms with Crippen molar-refractivity contribution in [2.24, 2.45) is 5.41 Å². The number of hydrogen-bond donors (Lipinski definition) is 1. The van der Waals surface area contributed by atoms with Gasteiger partial charge < -0.3 is 5.32 Å². The van der Waals surface area contributed by atoms with E-state index in [0.717, 1.165) is 6.04 Å². The molecule has 1 atom stereocenters. The van der Waals surface area contributed by atoms with Crippen molar-refractivity contribution in [1.82, 2.24) is 5.32 Å². The van der Waals surface area contributed by atoms with Crippen LogP contribution in [0.1, 0.15) is 63.5 Å². The van der Waals surface area contributed by atoms with Gasteiger partial charge in [-0.1, -0.05) is 56.5 Å². The molecule has 1 nitrogen and oxygen atoms in total. The lowest BCUT2D eigenvalue weighted by Gasteiger charge is -2.34. The molecule has 0 spiro atoms. The summed E-state index contributed by atoms with van der Waals surface area (Å²) in [7, 11) is 0. The van der Waals surface area contributed by atoms with Crippen LogP contribution in [0.5, 0.6) is 0 Å². The van der Waals surface area contributed by atoms with E-state index in [4.69, 9.17) is 0 Å². The maximum absolute atomic E-state index is 3.79. The molecule has 0 saturated heterocycles. The third-order valence-electron chi connectivity index (χ3n) is 4.85. The van der Waals surface area contributed by atoms with Gasteiger partial charge in [0, 0.05) is 12.6 Å². The monoisotopic (exact) mass is 273 g/mol. The highest BCUT2D eigenvalue weighted by molar-refractivity contribution is 5.22. The van der Waals surface area contributed by atoms with Crippen molar-refractivity contribution in [3.63, 3.8) is 0 Å². The van der Waals surface area contributed by atoms with Crippen molar-refractivity contribution < 1.29 is 0 Å². The van der Waals surface area contributed by atoms with Gasteiger partial charge in [-0.25, -0.2) is 0 Å². The molecule has 1 fully saturated rings. The van der Waals surface area contributed by atoms with Crippen LogP contribution >= 0.6 is 0 Å². The third kappa shape index (κ3) is 4.63. The van der Waals surface area contributed by atoms with Crippen LogP contribution in [0.4, 0.5) is 0 Å². The average molecular weight is 273 g/mol. The quantitative estimate of drug-likeness (QED) is 0.676. The predicted molar refractivity (Wildman–Crippen MR) is 88.2 cm³/mol. The normalized spacial score (nSPS) is 17.9. The molecule has 0 amide bonds. The molecule has 1 unspecified atom stereocenters. The molecule has 0 aromatic heterocycles. The van der Waals surface area contributed by atoms with Crippen LogP contribution in [-0.2, 0) is 6.42 Å². The van der Waals surface area contributed by atoms with Crippen LogP contribution in [0.25, 0.3) is 0 Å². The van der Waals surface area contributed by atoms with E-state index in [1.165, 1.54) is 62.6 Å². The first-order chi connectivity index (χ1) is 9.67. The Hall–Kier alpha value is -0.820. The molecule has 0 aliphatic heterocycles. The van der Waals surface area contributed by atoms with Crippen LogP contribution in [0.3, 0.4) is 0 Å². The van der Waals surface area contributed by atoms with E-state index < -0.39 is 0 Å². The molecule has 112 valence electrons. The van der Waals surface area contributed by atoms with Crippen LogP contribution in [-0.4, -0.2) is 12.6 Å². The van der Waals surface area contributed by atoms with E-state index >= 15 is 0 Å². The smallest absolute Gasteiger partial charge is 0.00684 e. The Bertz CT molecular complexity index is 391. The highest BCUT2D eigenvalue weighted by Crippen LogP contribution is 2.34. The largest absolute Gasteiger partial charge is 0.313 e. The van der Waals surface area contributed by atoms with Gasteiger partial charge in [-0.2, -0.15) is 0 Å². The standard InChI is InChI=1S/C19H31N/c1-4-6-13-19(5-2,15-20-18-11-12-18)14-17-9-7-16(3)8-10-17/h7-10,18,20H,4-6,11-15H2,1-3H3. The van der Waals surface area contributed by atoms with Crippen molar-refractivity contribution in [2.75, 3.05) is 6.54 Å². The summed E-state index contributed by atoms with van der Waals surface area (Å²) in [5, 5.41) is 3.79. The molecule has 0 heterocycles. The Morgan fingerprint density at radius 3 is 2.40 bits per heavy atom. The Morgan fingerprint density at radius 2 is 1.85 bits per heavy atom. The lowest BCUT2D eigenvalue weighted by molar-refractivity contribution is 0.228. The first-order valence-corrected chi connectivity index (χ1v) is 8.46. The summed E-state index contributed by atoms with van der Waals surface area (Å²) in [4.78, 5) is 0. The van der Waals surface area contributed by atoms with E-state index in [0.29, 0.717) is 5.41 Å². The predicted octanol–water partition coefficient (Wildman–Crippen LogP) is 4.88. The number of benzene rings is 1. The van der Waals surface area contributed by atoms with Gasteiger partial charge in [0.25, 0.3) is 0 Å². The molecule has 1 heteroatoms. The second kappa shape index (κ2) is 7.26. The van der Waals surface area contributed by atoms with E-state index in [1.807, 2.05) is 0 Å². The molecule has 1 aliphatic carbocycles. The van der Waals surface area contributed by atoms with E-state index in [1.54, 1.807) is 0 Å². The molecular weight excluding hydrogens is 242 g/mol. The lowest BCUT2D eigenvalue weighted by atomic mass is 9.75. The number of unbranched alkanes of at least 4 members (excludes halogenated alkanes) is 1. The van der Waals surface area contributed by atoms with E-state index in [-0.39, 0.29) is 0 Å². The fourth-order valence-corrected chi connectivity index (χ4v) is 3.01. The van der Waals surface area contributed by atoms with E-state index in [2.05, 4.69) is 50.4 Å². The van der Waals surface area contributed by atoms with Gasteiger partial charge in [-0.3, -0.25) is 0 Å². The molecule has 1 aromatic carbocycles. The van der Waals surface area contributed by atoms with Crippen LogP contribution in [0.15, 0.2) is 24.3 Å². The topological polar surface area (TPSA) is 12.0 Å². The Kier molecular flexibility index (Phi) is 5.65. The van der Waals surface area contributed by atoms with Gasteiger partial charge in [0.05, 0.1) is 0 Å². The second-order valence-corrected chi connectivity index (χ2v) is 6.77. The summed E-state index contributed by atoms with van der Waals surface area (Å²) in [5.41, 5.74) is 3.32. The minimum atomic E-state index is 0.452. The highest BCUT2D eigenvalue weighted by atomic mass is 15.0. The lowest BCUT2D eigenvalue weighted by Crippen LogP contribution is -2.37. The minimum absolute atomic E-state index is 0.452. The second-order valence-electron chi connectivity index (χ2n) is 6.77. The zero-order valence-electron chi connectivity index (χ0n) is 13.5. The molecule has 0 bridgehead atoms. The minimum Gasteiger partial charge on any atom is -0.313 e. The van der Waals surface area contributed by atoms with Crippen molar-refractivity contribution >= 4 is 0 Å². The molecule has 20 heavy (non-hydrogen) atoms. The van der Waals surface area contributed by atoms with Crippen molar-refractivity contribution in [2.45, 2.75) is 71.8 Å². The molecule has 1 saturated carbocycles. The van der Waals surface area contributed by atoms with Gasteiger partial charge in [-0.05, 0) is 50.0 Å². The van der Waals surface area contributed by atoms with Gasteiger partial charge in [0.1, 0.15) is 0 Å². The molecule has 1 aliphatic rings. The van der Waals surface area contributed by atoms with E-state index in [9.17, 15) is 0 Å². The fourth-order valence-electron chi connectivity index (χ4n) is 3.01. The number of rotatable bonds is 9. The summed E-state index contributed by atoms with van der Waals surface area (Å²) in [6, 6.07) is 9.97. The van der Waals surface area contributed by atoms with Crippen molar-refractivity contribution in [3.8, 4) is 0 Å². The van der Waals surface area contributed by atoms with Crippen molar-refractivity contribution in [1.29, 1.82) is 0 Å². The first kappa shape index (κ1) is 15.6. The summed E-state index contributed by atoms with van der Waals surface area (Å²) < 4.78 is 0. The summed E-state index contributed by atoms with van der Waals surface area (Å²) >= 11 is 0. The first-order valence-electron chi connectivity index (χ1n) is 8.46. The maximum Gasteiger partial charge on any atom is 0.00684 e. The SMILES string of the molecule is CCCCC(CC)(CNC1CC1)Cc1ccc(C)cc1. The third-order valence-corrected chi connectivity index (χ3v) is 4.85. The van der Waals surface area contributed by atoms with Crippen LogP contribution < -0.4 is 5.32 Å². The molecule has 1 N–H and O–H groups in total. The zero-order chi connectivity index (χ0) is 14.4. The number of hydrogen-bond acceptors (Lipinski definition) is 1. The van der Waals surface area contributed by atoms with Gasteiger partial charge >= 0.3 is 0 Å².